The van der Waals surface area contributed by atoms with Crippen molar-refractivity contribution in [3.8, 4) is 0 Å². The number of rotatable bonds is 20. The van der Waals surface area contributed by atoms with Crippen LogP contribution in [0.25, 0.3) is 0 Å². The number of aromatic nitrogens is 1. The number of aliphatic hydroxyl groups is 3. The lowest BCUT2D eigenvalue weighted by Crippen LogP contribution is -2.37. The Labute approximate surface area is 212 Å². The SMILES string of the molecule is CCCCCCCC(O)CCCCCCC(C(=O)O)C(O)CCC1(O)CCCC1Cc1ccc[nH]1. The maximum atomic E-state index is 11.8. The van der Waals surface area contributed by atoms with Crippen LogP contribution in [-0.4, -0.2) is 49.2 Å². The fourth-order valence-electron chi connectivity index (χ4n) is 5.81. The van der Waals surface area contributed by atoms with Gasteiger partial charge in [0.05, 0.1) is 23.7 Å². The molecule has 5 unspecified atom stereocenters. The van der Waals surface area contributed by atoms with Crippen molar-refractivity contribution in [3.05, 3.63) is 24.0 Å². The summed E-state index contributed by atoms with van der Waals surface area (Å²) in [5.41, 5.74) is 0.283. The van der Waals surface area contributed by atoms with Crippen molar-refractivity contribution in [1.29, 1.82) is 0 Å². The molecule has 5 atom stereocenters. The highest BCUT2D eigenvalue weighted by molar-refractivity contribution is 5.70. The minimum absolute atomic E-state index is 0.142. The van der Waals surface area contributed by atoms with E-state index in [1.54, 1.807) is 0 Å². The number of aliphatic hydroxyl groups excluding tert-OH is 2. The molecule has 6 nitrogen and oxygen atoms in total. The third-order valence-electron chi connectivity index (χ3n) is 8.15. The minimum Gasteiger partial charge on any atom is -0.481 e. The second-order valence-electron chi connectivity index (χ2n) is 11.0. The molecule has 1 heterocycles. The second-order valence-corrected chi connectivity index (χ2v) is 11.0. The Hall–Kier alpha value is -1.37. The number of unbranched alkanes of at least 4 members (excludes halogenated alkanes) is 7. The van der Waals surface area contributed by atoms with Crippen LogP contribution in [0.15, 0.2) is 18.3 Å². The topological polar surface area (TPSA) is 114 Å². The Morgan fingerprint density at radius 3 is 2.29 bits per heavy atom. The molecule has 35 heavy (non-hydrogen) atoms. The average Bonchev–Trinajstić information content (AvgIpc) is 3.47. The maximum absolute atomic E-state index is 11.8. The monoisotopic (exact) mass is 493 g/mol. The summed E-state index contributed by atoms with van der Waals surface area (Å²) >= 11 is 0. The summed E-state index contributed by atoms with van der Waals surface area (Å²) in [6, 6.07) is 3.99. The smallest absolute Gasteiger partial charge is 0.309 e. The van der Waals surface area contributed by atoms with Crippen LogP contribution in [0.4, 0.5) is 0 Å². The molecule has 0 amide bonds. The number of hydrogen-bond acceptors (Lipinski definition) is 4. The number of H-pyrrole nitrogens is 1. The average molecular weight is 494 g/mol. The zero-order valence-electron chi connectivity index (χ0n) is 22.0. The zero-order chi connectivity index (χ0) is 25.5. The summed E-state index contributed by atoms with van der Waals surface area (Å²) in [6.07, 6.45) is 16.8. The van der Waals surface area contributed by atoms with Gasteiger partial charge in [0.25, 0.3) is 0 Å². The number of carboxylic acid groups (broad SMARTS) is 1. The summed E-state index contributed by atoms with van der Waals surface area (Å²) in [4.78, 5) is 15.0. The van der Waals surface area contributed by atoms with E-state index in [-0.39, 0.29) is 12.0 Å². The van der Waals surface area contributed by atoms with Crippen LogP contribution in [0, 0.1) is 11.8 Å². The third kappa shape index (κ3) is 11.1. The normalized spacial score (nSPS) is 22.8. The standard InChI is InChI=1S/C29H51NO5/c1-2-3-4-5-8-15-25(31)16-9-6-7-10-17-26(28(33)34)27(32)18-20-29(35)19-11-13-23(29)22-24-14-12-21-30-24/h12,14,21,23,25-27,30-32,35H,2-11,13,15-20,22H2,1H3,(H,33,34). The molecule has 0 bridgehead atoms. The van der Waals surface area contributed by atoms with Gasteiger partial charge in [0, 0.05) is 11.9 Å². The molecule has 2 rings (SSSR count). The van der Waals surface area contributed by atoms with E-state index >= 15 is 0 Å². The van der Waals surface area contributed by atoms with Crippen molar-refractivity contribution >= 4 is 5.97 Å². The first-order valence-electron chi connectivity index (χ1n) is 14.3. The van der Waals surface area contributed by atoms with Crippen LogP contribution in [0.1, 0.15) is 122 Å². The van der Waals surface area contributed by atoms with Crippen molar-refractivity contribution in [1.82, 2.24) is 4.98 Å². The molecule has 0 saturated heterocycles. The van der Waals surface area contributed by atoms with E-state index in [0.717, 1.165) is 69.9 Å². The molecule has 1 fully saturated rings. The molecule has 1 aliphatic rings. The Balaban J connectivity index is 1.63. The summed E-state index contributed by atoms with van der Waals surface area (Å²) in [5, 5.41) is 41.7. The Kier molecular flexibility index (Phi) is 14.0. The Bertz CT molecular complexity index is 679. The van der Waals surface area contributed by atoms with Gasteiger partial charge in [-0.25, -0.2) is 0 Å². The van der Waals surface area contributed by atoms with Crippen LogP contribution in [0.5, 0.6) is 0 Å². The Morgan fingerprint density at radius 2 is 1.69 bits per heavy atom. The number of aromatic amines is 1. The van der Waals surface area contributed by atoms with E-state index in [4.69, 9.17) is 0 Å². The lowest BCUT2D eigenvalue weighted by Gasteiger charge is -2.32. The minimum atomic E-state index is -0.947. The highest BCUT2D eigenvalue weighted by atomic mass is 16.4. The van der Waals surface area contributed by atoms with Crippen LogP contribution in [0.2, 0.25) is 0 Å². The molecule has 1 aromatic rings. The molecule has 0 spiro atoms. The molecule has 1 aliphatic carbocycles. The van der Waals surface area contributed by atoms with E-state index in [1.165, 1.54) is 25.7 Å². The first-order chi connectivity index (χ1) is 16.9. The van der Waals surface area contributed by atoms with Gasteiger partial charge in [-0.2, -0.15) is 0 Å². The van der Waals surface area contributed by atoms with Gasteiger partial charge >= 0.3 is 5.97 Å². The molecule has 0 radical (unpaired) electrons. The zero-order valence-corrected chi connectivity index (χ0v) is 22.0. The molecule has 5 N–H and O–H groups in total. The number of hydrogen-bond donors (Lipinski definition) is 5. The van der Waals surface area contributed by atoms with Crippen LogP contribution in [-0.2, 0) is 11.2 Å². The number of carboxylic acids is 1. The van der Waals surface area contributed by atoms with Gasteiger partial charge < -0.3 is 25.4 Å². The molecular formula is C29H51NO5. The number of carbonyl (C=O) groups is 1. The van der Waals surface area contributed by atoms with Gasteiger partial charge in [-0.05, 0) is 69.4 Å². The van der Waals surface area contributed by atoms with E-state index in [0.29, 0.717) is 25.7 Å². The quantitative estimate of drug-likeness (QED) is 0.143. The lowest BCUT2D eigenvalue weighted by atomic mass is 9.81. The van der Waals surface area contributed by atoms with Crippen molar-refractivity contribution in [2.45, 2.75) is 140 Å². The first-order valence-corrected chi connectivity index (χ1v) is 14.3. The number of nitrogens with one attached hydrogen (secondary N) is 1. The van der Waals surface area contributed by atoms with Gasteiger partial charge in [0.2, 0.25) is 0 Å². The summed E-state index contributed by atoms with van der Waals surface area (Å²) in [7, 11) is 0. The van der Waals surface area contributed by atoms with Gasteiger partial charge in [-0.1, -0.05) is 71.1 Å². The van der Waals surface area contributed by atoms with Gasteiger partial charge in [-0.3, -0.25) is 4.79 Å². The fourth-order valence-corrected chi connectivity index (χ4v) is 5.81. The van der Waals surface area contributed by atoms with Crippen molar-refractivity contribution in [2.24, 2.45) is 11.8 Å². The highest BCUT2D eigenvalue weighted by Gasteiger charge is 2.41. The van der Waals surface area contributed by atoms with E-state index < -0.39 is 23.6 Å². The molecule has 6 heteroatoms. The summed E-state index contributed by atoms with van der Waals surface area (Å²) in [5.74, 6) is -1.59. The van der Waals surface area contributed by atoms with Gasteiger partial charge in [0.15, 0.2) is 0 Å². The number of aliphatic carboxylic acids is 1. The lowest BCUT2D eigenvalue weighted by molar-refractivity contribution is -0.146. The summed E-state index contributed by atoms with van der Waals surface area (Å²) < 4.78 is 0. The van der Waals surface area contributed by atoms with Crippen LogP contribution in [0.3, 0.4) is 0 Å². The summed E-state index contributed by atoms with van der Waals surface area (Å²) in [6.45, 7) is 2.20. The van der Waals surface area contributed by atoms with E-state index in [2.05, 4.69) is 11.9 Å². The molecule has 0 aliphatic heterocycles. The van der Waals surface area contributed by atoms with E-state index in [1.807, 2.05) is 18.3 Å². The van der Waals surface area contributed by atoms with Gasteiger partial charge in [-0.15, -0.1) is 0 Å². The van der Waals surface area contributed by atoms with Crippen molar-refractivity contribution in [2.75, 3.05) is 0 Å². The highest BCUT2D eigenvalue weighted by Crippen LogP contribution is 2.41. The van der Waals surface area contributed by atoms with Gasteiger partial charge in [0.1, 0.15) is 0 Å². The predicted molar refractivity (Wildman–Crippen MR) is 140 cm³/mol. The second kappa shape index (κ2) is 16.4. The van der Waals surface area contributed by atoms with E-state index in [9.17, 15) is 25.2 Å². The van der Waals surface area contributed by atoms with Crippen molar-refractivity contribution in [3.63, 3.8) is 0 Å². The van der Waals surface area contributed by atoms with Crippen LogP contribution < -0.4 is 0 Å². The molecule has 0 aromatic carbocycles. The molecule has 1 saturated carbocycles. The predicted octanol–water partition coefficient (Wildman–Crippen LogP) is 5.99. The molecular weight excluding hydrogens is 442 g/mol. The molecule has 202 valence electrons. The largest absolute Gasteiger partial charge is 0.481 e. The maximum Gasteiger partial charge on any atom is 0.309 e. The van der Waals surface area contributed by atoms with Crippen molar-refractivity contribution < 1.29 is 25.2 Å². The Morgan fingerprint density at radius 1 is 1.03 bits per heavy atom. The van der Waals surface area contributed by atoms with Crippen LogP contribution >= 0.6 is 0 Å². The fraction of sp³-hybridized carbons (Fsp3) is 0.828. The first kappa shape index (κ1) is 29.9. The molecule has 1 aromatic heterocycles. The third-order valence-corrected chi connectivity index (χ3v) is 8.15.